The van der Waals surface area contributed by atoms with E-state index in [2.05, 4.69) is 12.1 Å². The van der Waals surface area contributed by atoms with E-state index >= 15 is 0 Å². The lowest BCUT2D eigenvalue weighted by Gasteiger charge is -2.44. The number of fused-ring (bicyclic) bond motifs is 5. The summed E-state index contributed by atoms with van der Waals surface area (Å²) in [5.74, 6) is -0.853. The number of halogens is 4. The zero-order valence-electron chi connectivity index (χ0n) is 19.7. The van der Waals surface area contributed by atoms with Crippen LogP contribution in [0.15, 0.2) is 72.8 Å². The Morgan fingerprint density at radius 3 is 2.27 bits per heavy atom. The van der Waals surface area contributed by atoms with Gasteiger partial charge in [0.1, 0.15) is 12.4 Å². The van der Waals surface area contributed by atoms with Crippen LogP contribution in [0.4, 0.5) is 22.4 Å². The van der Waals surface area contributed by atoms with Gasteiger partial charge in [0.25, 0.3) is 0 Å². The molecule has 2 atom stereocenters. The molecule has 2 bridgehead atoms. The first kappa shape index (κ1) is 23.7. The normalized spacial score (nSPS) is 20.8. The summed E-state index contributed by atoms with van der Waals surface area (Å²) >= 11 is 0. The summed E-state index contributed by atoms with van der Waals surface area (Å²) in [6.45, 7) is 0.428. The molecule has 3 aromatic rings. The standard InChI is InChI=1S/C29H23F4NO3/c30-18-9-10-27(29(31,32)33)25(13-18)17-11-19-14-36-15-20(12-17)34(19)28(35)37-16-26-23-7-3-1-5-21(23)22-6-2-4-8-24(22)26/h1-11,13,19-20,26H,12,14-16H2. The predicted molar refractivity (Wildman–Crippen MR) is 129 cm³/mol. The van der Waals surface area contributed by atoms with Crippen molar-refractivity contribution < 1.29 is 31.8 Å². The maximum absolute atomic E-state index is 13.9. The largest absolute Gasteiger partial charge is 0.448 e. The number of amides is 1. The Kier molecular flexibility index (Phi) is 5.79. The highest BCUT2D eigenvalue weighted by Crippen LogP contribution is 2.45. The van der Waals surface area contributed by atoms with Crippen LogP contribution in [0.2, 0.25) is 0 Å². The molecule has 6 rings (SSSR count). The number of hydrogen-bond donors (Lipinski definition) is 0. The number of carbonyl (C=O) groups excluding carboxylic acids is 1. The van der Waals surface area contributed by atoms with Gasteiger partial charge in [-0.15, -0.1) is 0 Å². The van der Waals surface area contributed by atoms with Crippen molar-refractivity contribution in [2.24, 2.45) is 0 Å². The molecule has 3 aliphatic rings. The molecule has 1 fully saturated rings. The fourth-order valence-corrected chi connectivity index (χ4v) is 5.78. The number of nitrogens with zero attached hydrogens (tertiary/aromatic N) is 1. The highest BCUT2D eigenvalue weighted by atomic mass is 19.4. The Labute approximate surface area is 211 Å². The molecule has 1 aliphatic carbocycles. The van der Waals surface area contributed by atoms with E-state index in [9.17, 15) is 22.4 Å². The Hall–Kier alpha value is -3.65. The first-order valence-corrected chi connectivity index (χ1v) is 12.1. The molecular formula is C29H23F4NO3. The van der Waals surface area contributed by atoms with Gasteiger partial charge in [-0.25, -0.2) is 9.18 Å². The number of hydrogen-bond acceptors (Lipinski definition) is 3. The Balaban J connectivity index is 1.25. The summed E-state index contributed by atoms with van der Waals surface area (Å²) in [4.78, 5) is 14.8. The fourth-order valence-electron chi connectivity index (χ4n) is 5.78. The molecule has 0 radical (unpaired) electrons. The summed E-state index contributed by atoms with van der Waals surface area (Å²) < 4.78 is 66.3. The molecule has 1 amide bonds. The van der Waals surface area contributed by atoms with Gasteiger partial charge in [-0.05, 0) is 58.0 Å². The molecule has 4 nitrogen and oxygen atoms in total. The van der Waals surface area contributed by atoms with Crippen molar-refractivity contribution in [1.29, 1.82) is 0 Å². The van der Waals surface area contributed by atoms with Crippen molar-refractivity contribution in [3.05, 3.63) is 101 Å². The minimum absolute atomic E-state index is 0.104. The SMILES string of the molecule is O=C(OCC1c2ccccc2-c2ccccc21)N1C2C=C(c3cc(F)ccc3C(F)(F)F)CC1COC2. The van der Waals surface area contributed by atoms with E-state index in [-0.39, 0.29) is 37.7 Å². The summed E-state index contributed by atoms with van der Waals surface area (Å²) in [5, 5.41) is 0. The van der Waals surface area contributed by atoms with Crippen LogP contribution in [0.3, 0.4) is 0 Å². The van der Waals surface area contributed by atoms with Gasteiger partial charge in [-0.1, -0.05) is 54.6 Å². The molecule has 0 aromatic heterocycles. The van der Waals surface area contributed by atoms with E-state index in [0.717, 1.165) is 40.5 Å². The summed E-state index contributed by atoms with van der Waals surface area (Å²) in [6, 6.07) is 17.4. The highest BCUT2D eigenvalue weighted by molar-refractivity contribution is 5.79. The zero-order valence-corrected chi connectivity index (χ0v) is 19.7. The van der Waals surface area contributed by atoms with Crippen molar-refractivity contribution in [3.8, 4) is 11.1 Å². The third kappa shape index (κ3) is 4.19. The van der Waals surface area contributed by atoms with E-state index in [1.807, 2.05) is 36.4 Å². The van der Waals surface area contributed by atoms with Gasteiger partial charge in [0, 0.05) is 5.92 Å². The molecule has 190 valence electrons. The van der Waals surface area contributed by atoms with Crippen LogP contribution in [0, 0.1) is 5.82 Å². The second-order valence-corrected chi connectivity index (χ2v) is 9.55. The lowest BCUT2D eigenvalue weighted by molar-refractivity contribution is -0.137. The summed E-state index contributed by atoms with van der Waals surface area (Å²) in [6.07, 6.45) is -3.49. The van der Waals surface area contributed by atoms with Gasteiger partial charge in [0.05, 0.1) is 30.9 Å². The van der Waals surface area contributed by atoms with Crippen molar-refractivity contribution in [1.82, 2.24) is 4.90 Å². The second kappa shape index (κ2) is 9.03. The smallest absolute Gasteiger partial charge is 0.416 e. The van der Waals surface area contributed by atoms with Crippen LogP contribution >= 0.6 is 0 Å². The maximum Gasteiger partial charge on any atom is 0.416 e. The predicted octanol–water partition coefficient (Wildman–Crippen LogP) is 6.65. The maximum atomic E-state index is 13.9. The van der Waals surface area contributed by atoms with Gasteiger partial charge in [0.2, 0.25) is 0 Å². The molecule has 2 heterocycles. The number of ether oxygens (including phenoxy) is 2. The Morgan fingerprint density at radius 1 is 0.946 bits per heavy atom. The monoisotopic (exact) mass is 509 g/mol. The minimum atomic E-state index is -4.63. The van der Waals surface area contributed by atoms with Crippen molar-refractivity contribution >= 4 is 11.7 Å². The summed E-state index contributed by atoms with van der Waals surface area (Å²) in [5.41, 5.74) is 3.67. The van der Waals surface area contributed by atoms with Gasteiger partial charge in [0.15, 0.2) is 0 Å². The molecule has 0 N–H and O–H groups in total. The average Bonchev–Trinajstić information content (AvgIpc) is 3.19. The van der Waals surface area contributed by atoms with Gasteiger partial charge in [-0.3, -0.25) is 4.90 Å². The fraction of sp³-hybridized carbons (Fsp3) is 0.276. The second-order valence-electron chi connectivity index (χ2n) is 9.55. The van der Waals surface area contributed by atoms with E-state index in [1.165, 1.54) is 0 Å². The lowest BCUT2D eigenvalue weighted by Crippen LogP contribution is -2.56. The van der Waals surface area contributed by atoms with Crippen molar-refractivity contribution in [2.45, 2.75) is 30.6 Å². The topological polar surface area (TPSA) is 38.8 Å². The molecule has 0 spiro atoms. The number of morpholine rings is 1. The Bertz CT molecular complexity index is 1350. The molecule has 1 saturated heterocycles. The van der Waals surface area contributed by atoms with E-state index in [4.69, 9.17) is 9.47 Å². The van der Waals surface area contributed by atoms with E-state index in [0.29, 0.717) is 5.57 Å². The van der Waals surface area contributed by atoms with Crippen LogP contribution in [-0.2, 0) is 15.7 Å². The zero-order chi connectivity index (χ0) is 25.7. The summed E-state index contributed by atoms with van der Waals surface area (Å²) in [7, 11) is 0. The Morgan fingerprint density at radius 2 is 1.62 bits per heavy atom. The van der Waals surface area contributed by atoms with Gasteiger partial charge in [-0.2, -0.15) is 13.2 Å². The number of rotatable bonds is 3. The minimum Gasteiger partial charge on any atom is -0.448 e. The quantitative estimate of drug-likeness (QED) is 0.371. The van der Waals surface area contributed by atoms with Gasteiger partial charge < -0.3 is 9.47 Å². The first-order chi connectivity index (χ1) is 17.8. The van der Waals surface area contributed by atoms with Gasteiger partial charge >= 0.3 is 12.3 Å². The lowest BCUT2D eigenvalue weighted by atomic mass is 9.87. The molecule has 2 unspecified atom stereocenters. The molecule has 2 aliphatic heterocycles. The number of benzene rings is 3. The third-order valence-electron chi connectivity index (χ3n) is 7.38. The molecule has 8 heteroatoms. The van der Waals surface area contributed by atoms with Crippen LogP contribution in [0.5, 0.6) is 0 Å². The number of alkyl halides is 3. The number of carbonyl (C=O) groups is 1. The first-order valence-electron chi connectivity index (χ1n) is 12.1. The van der Waals surface area contributed by atoms with Crippen LogP contribution < -0.4 is 0 Å². The molecule has 37 heavy (non-hydrogen) atoms. The van der Waals surface area contributed by atoms with Crippen LogP contribution in [0.25, 0.3) is 16.7 Å². The third-order valence-corrected chi connectivity index (χ3v) is 7.38. The highest BCUT2D eigenvalue weighted by Gasteiger charge is 2.42. The van der Waals surface area contributed by atoms with Crippen molar-refractivity contribution in [2.75, 3.05) is 19.8 Å². The van der Waals surface area contributed by atoms with E-state index in [1.54, 1.807) is 11.0 Å². The van der Waals surface area contributed by atoms with Crippen LogP contribution in [0.1, 0.15) is 34.6 Å². The van der Waals surface area contributed by atoms with Crippen molar-refractivity contribution in [3.63, 3.8) is 0 Å². The molecule has 0 saturated carbocycles. The van der Waals surface area contributed by atoms with E-state index < -0.39 is 35.7 Å². The van der Waals surface area contributed by atoms with Crippen LogP contribution in [-0.4, -0.2) is 42.9 Å². The average molecular weight is 509 g/mol. The molecule has 3 aromatic carbocycles. The molecular weight excluding hydrogens is 486 g/mol.